The molecule has 2 aromatic carbocycles. The third-order valence-corrected chi connectivity index (χ3v) is 4.91. The van der Waals surface area contributed by atoms with Gasteiger partial charge in [-0.15, -0.1) is 6.58 Å². The molecule has 1 amide bonds. The van der Waals surface area contributed by atoms with E-state index in [1.807, 2.05) is 43.3 Å². The quantitative estimate of drug-likeness (QED) is 0.351. The molecule has 0 unspecified atom stereocenters. The van der Waals surface area contributed by atoms with Gasteiger partial charge >= 0.3 is 0 Å². The lowest BCUT2D eigenvalue weighted by Gasteiger charge is -2.24. The van der Waals surface area contributed by atoms with Crippen molar-refractivity contribution in [2.45, 2.75) is 13.0 Å². The highest BCUT2D eigenvalue weighted by Crippen LogP contribution is 2.39. The molecular weight excluding hydrogens is 394 g/mol. The predicted octanol–water partition coefficient (Wildman–Crippen LogP) is 4.37. The van der Waals surface area contributed by atoms with E-state index >= 15 is 0 Å². The summed E-state index contributed by atoms with van der Waals surface area (Å²) >= 11 is 3.39. The molecule has 1 heterocycles. The zero-order valence-electron chi connectivity index (χ0n) is 14.3. The fraction of sp³-hybridized carbons (Fsp3) is 0.143. The number of amides is 1. The molecule has 1 atom stereocenters. The SMILES string of the molecule is C=CCN1C(=O)C(=O)C(=C(O)c2ccc(C)cc2)[C@H]1c1ccc(Br)cc1. The van der Waals surface area contributed by atoms with Gasteiger partial charge in [-0.1, -0.05) is 64.0 Å². The Morgan fingerprint density at radius 1 is 1.15 bits per heavy atom. The number of benzene rings is 2. The first-order valence-corrected chi connectivity index (χ1v) is 8.95. The number of Topliss-reactive ketones (excluding diaryl/α,β-unsaturated/α-hetero) is 1. The molecule has 2 aromatic rings. The minimum absolute atomic E-state index is 0.100. The molecule has 1 aliphatic heterocycles. The average molecular weight is 412 g/mol. The maximum atomic E-state index is 12.7. The normalized spacial score (nSPS) is 19.0. The van der Waals surface area contributed by atoms with Gasteiger partial charge in [-0.05, 0) is 24.6 Å². The molecule has 0 aliphatic carbocycles. The van der Waals surface area contributed by atoms with Crippen LogP contribution in [0.1, 0.15) is 22.7 Å². The highest BCUT2D eigenvalue weighted by molar-refractivity contribution is 9.10. The first-order chi connectivity index (χ1) is 12.4. The van der Waals surface area contributed by atoms with Crippen LogP contribution in [-0.4, -0.2) is 28.2 Å². The van der Waals surface area contributed by atoms with Crippen molar-refractivity contribution in [3.05, 3.63) is 87.9 Å². The van der Waals surface area contributed by atoms with Crippen LogP contribution in [0.15, 0.2) is 71.2 Å². The summed E-state index contributed by atoms with van der Waals surface area (Å²) in [4.78, 5) is 26.6. The Labute approximate surface area is 160 Å². The van der Waals surface area contributed by atoms with Gasteiger partial charge in [0.05, 0.1) is 11.6 Å². The fourth-order valence-corrected chi connectivity index (χ4v) is 3.33. The van der Waals surface area contributed by atoms with E-state index in [1.54, 1.807) is 18.2 Å². The highest BCUT2D eigenvalue weighted by Gasteiger charge is 2.45. The highest BCUT2D eigenvalue weighted by atomic mass is 79.9. The van der Waals surface area contributed by atoms with E-state index < -0.39 is 17.7 Å². The zero-order chi connectivity index (χ0) is 18.8. The third-order valence-electron chi connectivity index (χ3n) is 4.38. The third kappa shape index (κ3) is 3.22. The van der Waals surface area contributed by atoms with Gasteiger partial charge in [-0.3, -0.25) is 9.59 Å². The van der Waals surface area contributed by atoms with Gasteiger partial charge < -0.3 is 10.0 Å². The number of rotatable bonds is 4. The van der Waals surface area contributed by atoms with Crippen molar-refractivity contribution in [3.63, 3.8) is 0 Å². The number of likely N-dealkylation sites (tertiary alicyclic amines) is 1. The number of carbonyl (C=O) groups excluding carboxylic acids is 2. The largest absolute Gasteiger partial charge is 0.507 e. The average Bonchev–Trinajstić information content (AvgIpc) is 2.88. The van der Waals surface area contributed by atoms with Crippen LogP contribution in [0, 0.1) is 6.92 Å². The Bertz CT molecular complexity index is 898. The number of hydrogen-bond donors (Lipinski definition) is 1. The van der Waals surface area contributed by atoms with Crippen molar-refractivity contribution in [3.8, 4) is 0 Å². The smallest absolute Gasteiger partial charge is 0.295 e. The summed E-state index contributed by atoms with van der Waals surface area (Å²) in [6, 6.07) is 13.9. The molecule has 4 nitrogen and oxygen atoms in total. The number of aliphatic hydroxyl groups excluding tert-OH is 1. The second-order valence-electron chi connectivity index (χ2n) is 6.16. The summed E-state index contributed by atoms with van der Waals surface area (Å²) in [5, 5.41) is 10.8. The van der Waals surface area contributed by atoms with Crippen LogP contribution in [-0.2, 0) is 9.59 Å². The molecular formula is C21H18BrNO3. The van der Waals surface area contributed by atoms with Crippen molar-refractivity contribution in [2.75, 3.05) is 6.54 Å². The molecule has 0 aromatic heterocycles. The first kappa shape index (κ1) is 18.1. The van der Waals surface area contributed by atoms with Crippen LogP contribution in [0.3, 0.4) is 0 Å². The molecule has 1 N–H and O–H groups in total. The van der Waals surface area contributed by atoms with Crippen LogP contribution < -0.4 is 0 Å². The molecule has 5 heteroatoms. The van der Waals surface area contributed by atoms with Crippen molar-refractivity contribution in [2.24, 2.45) is 0 Å². The molecule has 1 aliphatic rings. The van der Waals surface area contributed by atoms with Crippen molar-refractivity contribution in [1.29, 1.82) is 0 Å². The lowest BCUT2D eigenvalue weighted by Crippen LogP contribution is -2.29. The summed E-state index contributed by atoms with van der Waals surface area (Å²) in [6.07, 6.45) is 1.57. The number of nitrogens with zero attached hydrogens (tertiary/aromatic N) is 1. The van der Waals surface area contributed by atoms with Crippen molar-refractivity contribution >= 4 is 33.4 Å². The Hall–Kier alpha value is -2.66. The van der Waals surface area contributed by atoms with Gasteiger partial charge in [0, 0.05) is 16.6 Å². The monoisotopic (exact) mass is 411 g/mol. The lowest BCUT2D eigenvalue weighted by atomic mass is 9.95. The number of aliphatic hydroxyl groups is 1. The summed E-state index contributed by atoms with van der Waals surface area (Å²) < 4.78 is 0.889. The lowest BCUT2D eigenvalue weighted by molar-refractivity contribution is -0.139. The van der Waals surface area contributed by atoms with Gasteiger partial charge in [0.25, 0.3) is 11.7 Å². The number of carbonyl (C=O) groups is 2. The Balaban J connectivity index is 2.18. The summed E-state index contributed by atoms with van der Waals surface area (Å²) in [6.45, 7) is 5.83. The van der Waals surface area contributed by atoms with E-state index in [0.29, 0.717) is 5.56 Å². The predicted molar refractivity (Wildman–Crippen MR) is 105 cm³/mol. The van der Waals surface area contributed by atoms with Crippen LogP contribution in [0.2, 0.25) is 0 Å². The van der Waals surface area contributed by atoms with E-state index in [1.165, 1.54) is 4.90 Å². The molecule has 1 fully saturated rings. The van der Waals surface area contributed by atoms with Crippen molar-refractivity contribution < 1.29 is 14.7 Å². The summed E-state index contributed by atoms with van der Waals surface area (Å²) in [5.74, 6) is -1.48. The molecule has 26 heavy (non-hydrogen) atoms. The molecule has 0 saturated carbocycles. The second kappa shape index (κ2) is 7.30. The van der Waals surface area contributed by atoms with E-state index in [4.69, 9.17) is 0 Å². The molecule has 3 rings (SSSR count). The number of ketones is 1. The Morgan fingerprint density at radius 3 is 2.35 bits per heavy atom. The minimum atomic E-state index is -0.683. The van der Waals surface area contributed by atoms with Crippen LogP contribution in [0.4, 0.5) is 0 Å². The van der Waals surface area contributed by atoms with Crippen LogP contribution >= 0.6 is 15.9 Å². The molecule has 0 bridgehead atoms. The fourth-order valence-electron chi connectivity index (χ4n) is 3.07. The van der Waals surface area contributed by atoms with Gasteiger partial charge in [-0.25, -0.2) is 0 Å². The molecule has 0 spiro atoms. The van der Waals surface area contributed by atoms with Crippen LogP contribution in [0.5, 0.6) is 0 Å². The van der Waals surface area contributed by atoms with Gasteiger partial charge in [-0.2, -0.15) is 0 Å². The van der Waals surface area contributed by atoms with Gasteiger partial charge in [0.2, 0.25) is 0 Å². The number of hydrogen-bond acceptors (Lipinski definition) is 3. The summed E-state index contributed by atoms with van der Waals surface area (Å²) in [5.41, 5.74) is 2.40. The summed E-state index contributed by atoms with van der Waals surface area (Å²) in [7, 11) is 0. The Kier molecular flexibility index (Phi) is 5.09. The zero-order valence-corrected chi connectivity index (χ0v) is 15.9. The molecule has 132 valence electrons. The first-order valence-electron chi connectivity index (χ1n) is 8.16. The van der Waals surface area contributed by atoms with E-state index in [0.717, 1.165) is 15.6 Å². The Morgan fingerprint density at radius 2 is 1.77 bits per heavy atom. The number of halogens is 1. The van der Waals surface area contributed by atoms with Crippen molar-refractivity contribution in [1.82, 2.24) is 4.90 Å². The topological polar surface area (TPSA) is 57.6 Å². The second-order valence-corrected chi connectivity index (χ2v) is 7.07. The van der Waals surface area contributed by atoms with E-state index in [2.05, 4.69) is 22.5 Å². The van der Waals surface area contributed by atoms with E-state index in [-0.39, 0.29) is 17.9 Å². The van der Waals surface area contributed by atoms with Crippen LogP contribution in [0.25, 0.3) is 5.76 Å². The number of aryl methyl sites for hydroxylation is 1. The molecule has 0 radical (unpaired) electrons. The standard InChI is InChI=1S/C21H18BrNO3/c1-3-12-23-18(14-8-10-16(22)11-9-14)17(20(25)21(23)26)19(24)15-6-4-13(2)5-7-15/h3-11,18,24H,1,12H2,2H3/t18-/m1/s1. The molecule has 1 saturated heterocycles. The van der Waals surface area contributed by atoms with E-state index in [9.17, 15) is 14.7 Å². The van der Waals surface area contributed by atoms with Gasteiger partial charge in [0.15, 0.2) is 0 Å². The van der Waals surface area contributed by atoms with Gasteiger partial charge in [0.1, 0.15) is 5.76 Å². The maximum Gasteiger partial charge on any atom is 0.295 e. The maximum absolute atomic E-state index is 12.7. The minimum Gasteiger partial charge on any atom is -0.507 e.